The van der Waals surface area contributed by atoms with E-state index in [1.807, 2.05) is 0 Å². The van der Waals surface area contributed by atoms with Crippen LogP contribution in [0.1, 0.15) is 20.8 Å². The maximum absolute atomic E-state index is 10.3. The third kappa shape index (κ3) is 4.92. The van der Waals surface area contributed by atoms with Crippen LogP contribution in [0.2, 0.25) is 0 Å². The summed E-state index contributed by atoms with van der Waals surface area (Å²) in [4.78, 5) is 27.3. The molecule has 1 aromatic heterocycles. The average Bonchev–Trinajstić information content (AvgIpc) is 2.41. The first-order chi connectivity index (χ1) is 9.00. The molecular weight excluding hydrogens is 250 g/mol. The van der Waals surface area contributed by atoms with E-state index < -0.39 is 11.9 Å². The summed E-state index contributed by atoms with van der Waals surface area (Å²) in [5.41, 5.74) is 4.61. The van der Waals surface area contributed by atoms with Crippen LogP contribution in [0.25, 0.3) is 0 Å². The number of quaternary nitrogens is 1. The highest BCUT2D eigenvalue weighted by Crippen LogP contribution is 2.02. The number of aromatic nitrogens is 2. The van der Waals surface area contributed by atoms with Gasteiger partial charge in [-0.25, -0.2) is 4.79 Å². The molecule has 0 unspecified atom stereocenters. The minimum atomic E-state index is -1.30. The number of hydrogen-bond acceptors (Lipinski definition) is 5. The number of rotatable bonds is 2. The molecule has 0 amide bonds. The summed E-state index contributed by atoms with van der Waals surface area (Å²) in [7, 11) is 0. The normalized spacial score (nSPS) is 9.11. The van der Waals surface area contributed by atoms with Gasteiger partial charge >= 0.3 is 5.97 Å². The molecular formula is C12H11N3O4. The molecule has 2 aromatic rings. The number of carbonyl (C=O) groups is 2. The van der Waals surface area contributed by atoms with E-state index in [4.69, 9.17) is 5.11 Å². The van der Waals surface area contributed by atoms with Crippen LogP contribution in [0.15, 0.2) is 42.9 Å². The Hall–Kier alpha value is -2.80. The Morgan fingerprint density at radius 3 is 2.16 bits per heavy atom. The number of carboxylic acid groups (broad SMARTS) is 2. The molecule has 4 N–H and O–H groups in total. The van der Waals surface area contributed by atoms with Crippen LogP contribution in [-0.4, -0.2) is 27.0 Å². The van der Waals surface area contributed by atoms with Gasteiger partial charge < -0.3 is 20.7 Å². The van der Waals surface area contributed by atoms with Gasteiger partial charge in [0.25, 0.3) is 0 Å². The molecule has 0 atom stereocenters. The zero-order valence-corrected chi connectivity index (χ0v) is 9.81. The summed E-state index contributed by atoms with van der Waals surface area (Å²) in [6, 6.07) is 6.40. The Labute approximate surface area is 108 Å². The maximum Gasteiger partial charge on any atom is 0.335 e. The number of benzene rings is 1. The molecule has 1 heterocycles. The van der Waals surface area contributed by atoms with E-state index in [-0.39, 0.29) is 5.69 Å². The van der Waals surface area contributed by atoms with Crippen molar-refractivity contribution in [2.24, 2.45) is 0 Å². The molecule has 0 aliphatic rings. The lowest BCUT2D eigenvalue weighted by Crippen LogP contribution is -2.39. The van der Waals surface area contributed by atoms with Crippen LogP contribution in [-0.2, 0) is 0 Å². The van der Waals surface area contributed by atoms with Gasteiger partial charge in [0.1, 0.15) is 11.4 Å². The fourth-order valence-electron chi connectivity index (χ4n) is 1.05. The molecule has 0 bridgehead atoms. The first-order valence-electron chi connectivity index (χ1n) is 5.13. The van der Waals surface area contributed by atoms with Crippen LogP contribution in [0, 0.1) is 0 Å². The third-order valence-corrected chi connectivity index (χ3v) is 1.97. The van der Waals surface area contributed by atoms with Crippen molar-refractivity contribution in [3.8, 4) is 0 Å². The smallest absolute Gasteiger partial charge is 0.335 e. The van der Waals surface area contributed by atoms with Gasteiger partial charge in [0.2, 0.25) is 0 Å². The zero-order valence-electron chi connectivity index (χ0n) is 9.81. The molecule has 0 aliphatic carbocycles. The van der Waals surface area contributed by atoms with Crippen LogP contribution >= 0.6 is 0 Å². The maximum atomic E-state index is 10.3. The molecule has 98 valence electrons. The van der Waals surface area contributed by atoms with Gasteiger partial charge in [0.05, 0.1) is 17.7 Å². The Balaban J connectivity index is 0.000000191. The Kier molecular flexibility index (Phi) is 5.12. The molecule has 19 heavy (non-hydrogen) atoms. The third-order valence-electron chi connectivity index (χ3n) is 1.97. The predicted octanol–water partition coefficient (Wildman–Crippen LogP) is -0.902. The Morgan fingerprint density at radius 1 is 1.16 bits per heavy atom. The topological polar surface area (TPSA) is 131 Å². The molecule has 0 spiro atoms. The monoisotopic (exact) mass is 261 g/mol. The minimum Gasteiger partial charge on any atom is -0.543 e. The molecule has 7 nitrogen and oxygen atoms in total. The SMILES string of the molecule is O=C([O-])c1cnccn1.[NH3+]c1ccc(C(=O)O)cc1. The summed E-state index contributed by atoms with van der Waals surface area (Å²) in [6.07, 6.45) is 3.83. The van der Waals surface area contributed by atoms with Gasteiger partial charge in [0, 0.05) is 12.4 Å². The van der Waals surface area contributed by atoms with Gasteiger partial charge in [0.15, 0.2) is 0 Å². The molecule has 7 heteroatoms. The second-order valence-corrected chi connectivity index (χ2v) is 3.38. The summed E-state index contributed by atoms with van der Waals surface area (Å²) < 4.78 is 0. The van der Waals surface area contributed by atoms with Crippen molar-refractivity contribution < 1.29 is 25.5 Å². The van der Waals surface area contributed by atoms with Gasteiger partial charge in [-0.3, -0.25) is 9.97 Å². The number of hydrogen-bond donors (Lipinski definition) is 2. The Morgan fingerprint density at radius 2 is 1.79 bits per heavy atom. The van der Waals surface area contributed by atoms with Gasteiger partial charge in [-0.2, -0.15) is 0 Å². The van der Waals surface area contributed by atoms with Gasteiger partial charge in [-0.15, -0.1) is 0 Å². The number of carbonyl (C=O) groups excluding carboxylic acids is 1. The molecule has 0 radical (unpaired) electrons. The van der Waals surface area contributed by atoms with Crippen LogP contribution in [0.5, 0.6) is 0 Å². The second kappa shape index (κ2) is 6.82. The number of carboxylic acids is 2. The van der Waals surface area contributed by atoms with Gasteiger partial charge in [-0.1, -0.05) is 0 Å². The second-order valence-electron chi connectivity index (χ2n) is 3.38. The summed E-state index contributed by atoms with van der Waals surface area (Å²) in [5, 5.41) is 18.4. The number of aromatic carboxylic acids is 2. The van der Waals surface area contributed by atoms with Crippen molar-refractivity contribution in [1.29, 1.82) is 0 Å². The molecule has 1 aromatic carbocycles. The average molecular weight is 261 g/mol. The van der Waals surface area contributed by atoms with Crippen molar-refractivity contribution in [3.05, 3.63) is 54.1 Å². The van der Waals surface area contributed by atoms with Crippen molar-refractivity contribution >= 4 is 17.6 Å². The van der Waals surface area contributed by atoms with E-state index >= 15 is 0 Å². The lowest BCUT2D eigenvalue weighted by atomic mass is 10.2. The molecule has 0 saturated carbocycles. The fraction of sp³-hybridized carbons (Fsp3) is 0. The van der Waals surface area contributed by atoms with E-state index in [1.54, 1.807) is 12.1 Å². The first-order valence-corrected chi connectivity index (χ1v) is 5.13. The fourth-order valence-corrected chi connectivity index (χ4v) is 1.05. The highest BCUT2D eigenvalue weighted by atomic mass is 16.4. The van der Waals surface area contributed by atoms with Crippen LogP contribution in [0.3, 0.4) is 0 Å². The molecule has 0 fully saturated rings. The number of nitrogens with zero attached hydrogens (tertiary/aromatic N) is 2. The van der Waals surface area contributed by atoms with E-state index in [9.17, 15) is 14.7 Å². The molecule has 0 saturated heterocycles. The van der Waals surface area contributed by atoms with Crippen molar-refractivity contribution in [1.82, 2.24) is 9.97 Å². The first kappa shape index (κ1) is 14.3. The highest BCUT2D eigenvalue weighted by molar-refractivity contribution is 5.87. The van der Waals surface area contributed by atoms with E-state index in [2.05, 4.69) is 15.7 Å². The van der Waals surface area contributed by atoms with Crippen molar-refractivity contribution in [2.45, 2.75) is 0 Å². The Bertz CT molecular complexity index is 555. The summed E-state index contributed by atoms with van der Waals surface area (Å²) >= 11 is 0. The van der Waals surface area contributed by atoms with Crippen molar-refractivity contribution in [2.75, 3.05) is 0 Å². The van der Waals surface area contributed by atoms with Crippen molar-refractivity contribution in [3.63, 3.8) is 0 Å². The largest absolute Gasteiger partial charge is 0.543 e. The molecule has 0 aliphatic heterocycles. The lowest BCUT2D eigenvalue weighted by molar-refractivity contribution is -0.256. The van der Waals surface area contributed by atoms with E-state index in [0.717, 1.165) is 11.9 Å². The summed E-state index contributed by atoms with van der Waals surface area (Å²) in [5.74, 6) is -2.21. The molecule has 2 rings (SSSR count). The lowest BCUT2D eigenvalue weighted by Gasteiger charge is -1.95. The predicted molar refractivity (Wildman–Crippen MR) is 62.3 cm³/mol. The van der Waals surface area contributed by atoms with Gasteiger partial charge in [-0.05, 0) is 24.3 Å². The minimum absolute atomic E-state index is 0.141. The zero-order chi connectivity index (χ0) is 14.3. The standard InChI is InChI=1S/C7H7NO2.C5H4N2O2/c8-6-3-1-5(2-4-6)7(9)10;8-5(9)4-3-6-1-2-7-4/h1-4H,8H2,(H,9,10);1-3H,(H,8,9). The van der Waals surface area contributed by atoms with E-state index in [0.29, 0.717) is 5.56 Å². The quantitative estimate of drug-likeness (QED) is 0.720. The summed E-state index contributed by atoms with van der Waals surface area (Å²) in [6.45, 7) is 0. The van der Waals surface area contributed by atoms with E-state index in [1.165, 1.54) is 24.5 Å². The highest BCUT2D eigenvalue weighted by Gasteiger charge is 1.99. The van der Waals surface area contributed by atoms with Crippen LogP contribution in [0.4, 0.5) is 5.69 Å². The van der Waals surface area contributed by atoms with Crippen LogP contribution < -0.4 is 10.8 Å².